The van der Waals surface area contributed by atoms with E-state index in [-0.39, 0.29) is 0 Å². The monoisotopic (exact) mass is 250 g/mol. The number of aryl methyl sites for hydroxylation is 1. The molecule has 0 radical (unpaired) electrons. The van der Waals surface area contributed by atoms with Crippen LogP contribution in [0.4, 0.5) is 0 Å². The third-order valence-electron chi connectivity index (χ3n) is 3.91. The first-order chi connectivity index (χ1) is 8.93. The minimum absolute atomic E-state index is 0.669. The van der Waals surface area contributed by atoms with Gasteiger partial charge in [-0.2, -0.15) is 0 Å². The van der Waals surface area contributed by atoms with Crippen molar-refractivity contribution in [1.82, 2.24) is 20.1 Å². The lowest BCUT2D eigenvalue weighted by atomic mass is 10.0. The zero-order chi connectivity index (χ0) is 12.2. The first kappa shape index (κ1) is 12.1. The third kappa shape index (κ3) is 2.72. The highest BCUT2D eigenvalue weighted by Gasteiger charge is 2.16. The van der Waals surface area contributed by atoms with Gasteiger partial charge in [0.1, 0.15) is 11.6 Å². The van der Waals surface area contributed by atoms with Crippen molar-refractivity contribution in [3.05, 3.63) is 11.6 Å². The molecule has 100 valence electrons. The predicted molar refractivity (Wildman–Crippen MR) is 68.2 cm³/mol. The molecule has 3 rings (SSSR count). The molecule has 0 aromatic carbocycles. The highest BCUT2D eigenvalue weighted by Crippen LogP contribution is 2.15. The molecular weight excluding hydrogens is 228 g/mol. The topological polar surface area (TPSA) is 52.0 Å². The first-order valence-corrected chi connectivity index (χ1v) is 7.13. The van der Waals surface area contributed by atoms with Gasteiger partial charge >= 0.3 is 0 Å². The van der Waals surface area contributed by atoms with E-state index in [2.05, 4.69) is 20.1 Å². The Kier molecular flexibility index (Phi) is 3.90. The zero-order valence-corrected chi connectivity index (χ0v) is 10.9. The fourth-order valence-electron chi connectivity index (χ4n) is 2.86. The SMILES string of the molecule is C1CCn2c(nnc2CNCC2CCCOC2)C1. The summed E-state index contributed by atoms with van der Waals surface area (Å²) in [4.78, 5) is 0. The molecule has 1 unspecified atom stereocenters. The maximum atomic E-state index is 5.49. The molecule has 1 N–H and O–H groups in total. The lowest BCUT2D eigenvalue weighted by Crippen LogP contribution is -2.30. The van der Waals surface area contributed by atoms with E-state index in [9.17, 15) is 0 Å². The van der Waals surface area contributed by atoms with E-state index in [1.807, 2.05) is 0 Å². The van der Waals surface area contributed by atoms with Gasteiger partial charge in [0.15, 0.2) is 0 Å². The molecule has 0 amide bonds. The van der Waals surface area contributed by atoms with Gasteiger partial charge in [-0.1, -0.05) is 0 Å². The van der Waals surface area contributed by atoms with Crippen molar-refractivity contribution in [2.75, 3.05) is 19.8 Å². The highest BCUT2D eigenvalue weighted by molar-refractivity contribution is 4.98. The van der Waals surface area contributed by atoms with Gasteiger partial charge in [0.25, 0.3) is 0 Å². The lowest BCUT2D eigenvalue weighted by Gasteiger charge is -2.22. The minimum Gasteiger partial charge on any atom is -0.381 e. The smallest absolute Gasteiger partial charge is 0.147 e. The van der Waals surface area contributed by atoms with Gasteiger partial charge in [0.05, 0.1) is 13.2 Å². The van der Waals surface area contributed by atoms with Crippen LogP contribution in [-0.2, 0) is 24.2 Å². The molecule has 0 aliphatic carbocycles. The van der Waals surface area contributed by atoms with Crippen molar-refractivity contribution in [2.45, 2.75) is 45.2 Å². The number of rotatable bonds is 4. The number of fused-ring (bicyclic) bond motifs is 1. The molecule has 5 nitrogen and oxygen atoms in total. The summed E-state index contributed by atoms with van der Waals surface area (Å²) in [6.45, 7) is 4.80. The Morgan fingerprint density at radius 1 is 1.28 bits per heavy atom. The summed E-state index contributed by atoms with van der Waals surface area (Å²) in [7, 11) is 0. The Morgan fingerprint density at radius 3 is 3.17 bits per heavy atom. The summed E-state index contributed by atoms with van der Waals surface area (Å²) in [5.74, 6) is 2.93. The summed E-state index contributed by atoms with van der Waals surface area (Å²) in [6.07, 6.45) is 6.08. The number of ether oxygens (including phenoxy) is 1. The summed E-state index contributed by atoms with van der Waals surface area (Å²) in [6, 6.07) is 0. The first-order valence-electron chi connectivity index (χ1n) is 7.13. The van der Waals surface area contributed by atoms with E-state index in [4.69, 9.17) is 4.74 Å². The largest absolute Gasteiger partial charge is 0.381 e. The van der Waals surface area contributed by atoms with Gasteiger partial charge in [0, 0.05) is 26.1 Å². The van der Waals surface area contributed by atoms with Gasteiger partial charge in [0.2, 0.25) is 0 Å². The third-order valence-corrected chi connectivity index (χ3v) is 3.91. The molecule has 3 heterocycles. The fraction of sp³-hybridized carbons (Fsp3) is 0.846. The molecule has 1 saturated heterocycles. The fourth-order valence-corrected chi connectivity index (χ4v) is 2.86. The van der Waals surface area contributed by atoms with Gasteiger partial charge in [-0.05, 0) is 31.6 Å². The number of aromatic nitrogens is 3. The molecule has 1 fully saturated rings. The van der Waals surface area contributed by atoms with E-state index >= 15 is 0 Å². The summed E-state index contributed by atoms with van der Waals surface area (Å²) in [5, 5.41) is 12.1. The second kappa shape index (κ2) is 5.80. The lowest BCUT2D eigenvalue weighted by molar-refractivity contribution is 0.0546. The number of hydrogen-bond acceptors (Lipinski definition) is 4. The summed E-state index contributed by atoms with van der Waals surface area (Å²) < 4.78 is 7.77. The van der Waals surface area contributed by atoms with Crippen LogP contribution in [0, 0.1) is 5.92 Å². The van der Waals surface area contributed by atoms with E-state index < -0.39 is 0 Å². The molecule has 0 bridgehead atoms. The van der Waals surface area contributed by atoms with Crippen molar-refractivity contribution in [3.63, 3.8) is 0 Å². The Bertz CT molecular complexity index is 384. The molecular formula is C13H22N4O. The van der Waals surface area contributed by atoms with Gasteiger partial charge in [-0.25, -0.2) is 0 Å². The van der Waals surface area contributed by atoms with E-state index in [1.165, 1.54) is 31.5 Å². The number of nitrogens with one attached hydrogen (secondary N) is 1. The molecule has 2 aliphatic heterocycles. The van der Waals surface area contributed by atoms with Crippen LogP contribution in [0.2, 0.25) is 0 Å². The molecule has 0 saturated carbocycles. The normalized spacial score (nSPS) is 23.9. The Hall–Kier alpha value is -0.940. The van der Waals surface area contributed by atoms with Crippen LogP contribution >= 0.6 is 0 Å². The molecule has 5 heteroatoms. The number of nitrogens with zero attached hydrogens (tertiary/aromatic N) is 3. The second-order valence-corrected chi connectivity index (χ2v) is 5.36. The van der Waals surface area contributed by atoms with E-state index in [1.54, 1.807) is 0 Å². The summed E-state index contributed by atoms with van der Waals surface area (Å²) in [5.41, 5.74) is 0. The van der Waals surface area contributed by atoms with Crippen LogP contribution in [0.5, 0.6) is 0 Å². The molecule has 0 spiro atoms. The molecule has 1 aromatic heterocycles. The maximum Gasteiger partial charge on any atom is 0.147 e. The zero-order valence-electron chi connectivity index (χ0n) is 10.9. The molecule has 18 heavy (non-hydrogen) atoms. The van der Waals surface area contributed by atoms with Crippen LogP contribution in [0.3, 0.4) is 0 Å². The Balaban J connectivity index is 1.49. The Labute approximate surface area is 108 Å². The molecule has 1 aromatic rings. The minimum atomic E-state index is 0.669. The van der Waals surface area contributed by atoms with Crippen molar-refractivity contribution in [1.29, 1.82) is 0 Å². The van der Waals surface area contributed by atoms with Crippen molar-refractivity contribution >= 4 is 0 Å². The maximum absolute atomic E-state index is 5.49. The van der Waals surface area contributed by atoms with Gasteiger partial charge in [-0.15, -0.1) is 10.2 Å². The van der Waals surface area contributed by atoms with Crippen LogP contribution in [-0.4, -0.2) is 34.5 Å². The highest BCUT2D eigenvalue weighted by atomic mass is 16.5. The molecule has 2 aliphatic rings. The molecule has 1 atom stereocenters. The number of hydrogen-bond donors (Lipinski definition) is 1. The van der Waals surface area contributed by atoms with Crippen LogP contribution < -0.4 is 5.32 Å². The van der Waals surface area contributed by atoms with E-state index in [0.717, 1.165) is 45.1 Å². The van der Waals surface area contributed by atoms with E-state index in [0.29, 0.717) is 5.92 Å². The van der Waals surface area contributed by atoms with Gasteiger partial charge < -0.3 is 14.6 Å². The van der Waals surface area contributed by atoms with Crippen molar-refractivity contribution < 1.29 is 4.74 Å². The van der Waals surface area contributed by atoms with Gasteiger partial charge in [-0.3, -0.25) is 0 Å². The predicted octanol–water partition coefficient (Wildman–Crippen LogP) is 1.13. The van der Waals surface area contributed by atoms with Crippen LogP contribution in [0.15, 0.2) is 0 Å². The quantitative estimate of drug-likeness (QED) is 0.870. The average Bonchev–Trinajstić information content (AvgIpc) is 2.84. The average molecular weight is 250 g/mol. The second-order valence-electron chi connectivity index (χ2n) is 5.36. The summed E-state index contributed by atoms with van der Waals surface area (Å²) >= 11 is 0. The van der Waals surface area contributed by atoms with Crippen LogP contribution in [0.25, 0.3) is 0 Å². The standard InChI is InChI=1S/C13H22N4O/c1-2-6-17-12(5-1)15-16-13(17)9-14-8-11-4-3-7-18-10-11/h11,14H,1-10H2. The van der Waals surface area contributed by atoms with Crippen molar-refractivity contribution in [3.8, 4) is 0 Å². The van der Waals surface area contributed by atoms with Crippen molar-refractivity contribution in [2.24, 2.45) is 5.92 Å². The van der Waals surface area contributed by atoms with Crippen LogP contribution in [0.1, 0.15) is 37.3 Å². The Morgan fingerprint density at radius 2 is 2.28 bits per heavy atom.